The van der Waals surface area contributed by atoms with Crippen molar-refractivity contribution < 1.29 is 16.9 Å². The first kappa shape index (κ1) is 20.6. The van der Waals surface area contributed by atoms with Gasteiger partial charge in [0.1, 0.15) is 5.69 Å². The Morgan fingerprint density at radius 2 is 1.93 bits per heavy atom. The van der Waals surface area contributed by atoms with E-state index in [1.54, 1.807) is 0 Å². The smallest absolute Gasteiger partial charge is 0.178 e. The number of piperazine rings is 1. The molecule has 2 aromatic rings. The molecule has 3 aliphatic rings. The number of nitrogens with zero attached hydrogens (tertiary/aromatic N) is 6. The maximum atomic E-state index is 6.37. The number of hydrogen-bond donors (Lipinski definition) is 1. The Balaban J connectivity index is 0.00000218. The highest BCUT2D eigenvalue weighted by Crippen LogP contribution is 2.34. The first-order valence-electron chi connectivity index (χ1n) is 10.4. The lowest BCUT2D eigenvalue weighted by Gasteiger charge is -2.39. The zero-order valence-corrected chi connectivity index (χ0v) is 18.3. The Kier molecular flexibility index (Phi) is 5.42. The minimum absolute atomic E-state index is 0. The van der Waals surface area contributed by atoms with Gasteiger partial charge < -0.3 is 27.5 Å². The largest absolute Gasteiger partial charge is 1.00 e. The number of aliphatic imine (C=N–C) groups is 2. The topological polar surface area (TPSA) is 71.3 Å². The van der Waals surface area contributed by atoms with E-state index < -0.39 is 0 Å². The van der Waals surface area contributed by atoms with Gasteiger partial charge in [-0.25, -0.2) is 9.51 Å². The molecule has 1 fully saturated rings. The quantitative estimate of drug-likeness (QED) is 0.512. The van der Waals surface area contributed by atoms with E-state index in [-0.39, 0.29) is 12.4 Å². The predicted molar refractivity (Wildman–Crippen MR) is 118 cm³/mol. The molecule has 2 N–H and O–H groups in total. The molecule has 2 aromatic heterocycles. The lowest BCUT2D eigenvalue weighted by atomic mass is 9.94. The van der Waals surface area contributed by atoms with Crippen molar-refractivity contribution in [3.05, 3.63) is 47.8 Å². The van der Waals surface area contributed by atoms with Crippen LogP contribution in [0.25, 0.3) is 5.52 Å². The maximum Gasteiger partial charge on any atom is 0.178 e. The molecule has 0 aromatic carbocycles. The van der Waals surface area contributed by atoms with Crippen LogP contribution in [0.5, 0.6) is 0 Å². The number of anilines is 1. The summed E-state index contributed by atoms with van der Waals surface area (Å²) in [7, 11) is 4.57. The number of allylic oxidation sites excluding steroid dienone is 3. The molecule has 4 heterocycles. The second kappa shape index (κ2) is 7.89. The third-order valence-electron chi connectivity index (χ3n) is 6.09. The van der Waals surface area contributed by atoms with E-state index in [0.717, 1.165) is 78.5 Å². The van der Waals surface area contributed by atoms with Crippen LogP contribution >= 0.6 is 0 Å². The van der Waals surface area contributed by atoms with Crippen LogP contribution in [0.4, 0.5) is 11.5 Å². The minimum Gasteiger partial charge on any atom is -1.00 e. The van der Waals surface area contributed by atoms with Crippen LogP contribution in [0.15, 0.2) is 57.8 Å². The van der Waals surface area contributed by atoms with Gasteiger partial charge in [-0.1, -0.05) is 6.07 Å². The normalized spacial score (nSPS) is 22.1. The van der Waals surface area contributed by atoms with Crippen LogP contribution in [-0.4, -0.2) is 72.3 Å². The Hall–Kier alpha value is -2.64. The predicted octanol–water partition coefficient (Wildman–Crippen LogP) is -0.675. The summed E-state index contributed by atoms with van der Waals surface area (Å²) in [5.74, 6) is 0.942. The van der Waals surface area contributed by atoms with Gasteiger partial charge in [0.25, 0.3) is 0 Å². The molecule has 0 atom stereocenters. The van der Waals surface area contributed by atoms with Gasteiger partial charge in [0.2, 0.25) is 0 Å². The molecule has 0 radical (unpaired) electrons. The number of aromatic nitrogens is 2. The number of rotatable bonds is 2. The highest BCUT2D eigenvalue weighted by atomic mass is 35.5. The molecular weight excluding hydrogens is 398 g/mol. The van der Waals surface area contributed by atoms with Crippen molar-refractivity contribution in [2.45, 2.75) is 12.8 Å². The fourth-order valence-electron chi connectivity index (χ4n) is 4.18. The molecule has 0 unspecified atom stereocenters. The Morgan fingerprint density at radius 3 is 2.73 bits per heavy atom. The Labute approximate surface area is 183 Å². The van der Waals surface area contributed by atoms with Crippen LogP contribution in [0.1, 0.15) is 12.8 Å². The molecule has 0 saturated carbocycles. The molecule has 0 bridgehead atoms. The molecule has 1 aliphatic carbocycles. The summed E-state index contributed by atoms with van der Waals surface area (Å²) in [4.78, 5) is 12.0. The van der Waals surface area contributed by atoms with Gasteiger partial charge in [-0.15, -0.1) is 5.10 Å². The Morgan fingerprint density at radius 1 is 1.13 bits per heavy atom. The summed E-state index contributed by atoms with van der Waals surface area (Å²) < 4.78 is 2.96. The molecule has 8 heteroatoms. The first-order valence-corrected chi connectivity index (χ1v) is 10.4. The van der Waals surface area contributed by atoms with Crippen LogP contribution < -0.4 is 23.0 Å². The molecule has 0 spiro atoms. The van der Waals surface area contributed by atoms with Gasteiger partial charge in [0.15, 0.2) is 5.82 Å². The second-order valence-electron chi connectivity index (χ2n) is 8.71. The lowest BCUT2D eigenvalue weighted by molar-refractivity contribution is -0.890. The summed E-state index contributed by atoms with van der Waals surface area (Å²) in [6.07, 6.45) is 8.18. The van der Waals surface area contributed by atoms with Crippen LogP contribution in [0.2, 0.25) is 0 Å². The fourth-order valence-corrected chi connectivity index (χ4v) is 4.18. The fraction of sp³-hybridized carbons (Fsp3) is 0.409. The zero-order valence-electron chi connectivity index (χ0n) is 17.6. The third-order valence-corrected chi connectivity index (χ3v) is 6.09. The van der Waals surface area contributed by atoms with E-state index in [9.17, 15) is 0 Å². The number of fused-ring (bicyclic) bond motifs is 2. The molecule has 0 amide bonds. The molecule has 1 saturated heterocycles. The van der Waals surface area contributed by atoms with Gasteiger partial charge in [0, 0.05) is 12.7 Å². The number of hydrogen-bond acceptors (Lipinski definition) is 5. The monoisotopic (exact) mass is 425 g/mol. The average molecular weight is 426 g/mol. The van der Waals surface area contributed by atoms with Crippen molar-refractivity contribution in [2.75, 3.05) is 51.7 Å². The first-order chi connectivity index (χ1) is 14.0. The summed E-state index contributed by atoms with van der Waals surface area (Å²) >= 11 is 0. The average Bonchev–Trinajstić information content (AvgIpc) is 3.07. The molecular formula is C22H28ClN7. The highest BCUT2D eigenvalue weighted by Gasteiger charge is 2.28. The van der Waals surface area contributed by atoms with Gasteiger partial charge in [0.05, 0.1) is 62.9 Å². The van der Waals surface area contributed by atoms with E-state index in [1.807, 2.05) is 28.9 Å². The van der Waals surface area contributed by atoms with Crippen molar-refractivity contribution in [1.29, 1.82) is 0 Å². The van der Waals surface area contributed by atoms with Crippen LogP contribution in [0.3, 0.4) is 0 Å². The van der Waals surface area contributed by atoms with Gasteiger partial charge in [-0.05, 0) is 42.7 Å². The number of likely N-dealkylation sites (N-methyl/N-ethyl adjacent to an activating group) is 1. The van der Waals surface area contributed by atoms with Crippen LogP contribution in [-0.2, 0) is 0 Å². The summed E-state index contributed by atoms with van der Waals surface area (Å²) in [5, 5.41) is 4.88. The van der Waals surface area contributed by atoms with Crippen molar-refractivity contribution in [3.8, 4) is 0 Å². The van der Waals surface area contributed by atoms with Crippen molar-refractivity contribution >= 4 is 28.4 Å². The maximum absolute atomic E-state index is 6.37. The number of halogens is 1. The van der Waals surface area contributed by atoms with Crippen molar-refractivity contribution in [1.82, 2.24) is 9.61 Å². The van der Waals surface area contributed by atoms with Crippen LogP contribution in [0, 0.1) is 0 Å². The van der Waals surface area contributed by atoms with E-state index in [2.05, 4.69) is 36.1 Å². The van der Waals surface area contributed by atoms with E-state index in [1.165, 1.54) is 5.57 Å². The summed E-state index contributed by atoms with van der Waals surface area (Å²) in [6.45, 7) is 5.01. The molecule has 158 valence electrons. The molecule has 5 rings (SSSR count). The highest BCUT2D eigenvalue weighted by molar-refractivity contribution is 6.24. The molecule has 30 heavy (non-hydrogen) atoms. The van der Waals surface area contributed by atoms with E-state index in [0.29, 0.717) is 5.70 Å². The van der Waals surface area contributed by atoms with Crippen molar-refractivity contribution in [2.24, 2.45) is 15.7 Å². The van der Waals surface area contributed by atoms with Crippen molar-refractivity contribution in [3.63, 3.8) is 0 Å². The second-order valence-corrected chi connectivity index (χ2v) is 8.71. The molecule has 7 nitrogen and oxygen atoms in total. The summed E-state index contributed by atoms with van der Waals surface area (Å²) in [6, 6.07) is 6.10. The van der Waals surface area contributed by atoms with Gasteiger partial charge in [-0.3, -0.25) is 4.99 Å². The third kappa shape index (κ3) is 3.75. The Bertz CT molecular complexity index is 1080. The summed E-state index contributed by atoms with van der Waals surface area (Å²) in [5.41, 5.74) is 12.0. The zero-order chi connectivity index (χ0) is 20.0. The molecule has 2 aliphatic heterocycles. The van der Waals surface area contributed by atoms with E-state index >= 15 is 0 Å². The van der Waals surface area contributed by atoms with E-state index in [4.69, 9.17) is 15.8 Å². The van der Waals surface area contributed by atoms with Gasteiger partial charge >= 0.3 is 0 Å². The minimum atomic E-state index is 0. The standard InChI is InChI=1S/C22H28N7.ClH/c1-29(2)12-10-27(11-13-29)22-21(20-7-3-4-9-28(20)26-22)25-19-14-16-6-5-8-24-18(16)15-17(19)23;/h3-4,7,9,14-15H,5-6,8,10-13,23H2,1-2H3;1H/q+1;/p-1. The number of quaternary nitrogens is 1. The number of nitrogens with two attached hydrogens (primary N) is 1. The lowest BCUT2D eigenvalue weighted by Crippen LogP contribution is -3.00. The number of pyridine rings is 1. The SMILES string of the molecule is C[N+]1(C)CCN(c2nn3ccccc3c2N=C2C=C3CCCN=C3C=C2N)CC1.[Cl-]. The van der Waals surface area contributed by atoms with Gasteiger partial charge in [-0.2, -0.15) is 0 Å².